The van der Waals surface area contributed by atoms with Crippen molar-refractivity contribution in [3.05, 3.63) is 76.2 Å². The monoisotopic (exact) mass is 436 g/mol. The first-order valence-electron chi connectivity index (χ1n) is 9.91. The summed E-state index contributed by atoms with van der Waals surface area (Å²) < 4.78 is 0. The highest BCUT2D eigenvalue weighted by Gasteiger charge is 2.41. The predicted molar refractivity (Wildman–Crippen MR) is 127 cm³/mol. The molecule has 1 aliphatic rings. The van der Waals surface area contributed by atoms with Crippen molar-refractivity contribution in [2.75, 3.05) is 10.2 Å². The molecule has 2 atom stereocenters. The normalized spacial score (nSPS) is 18.5. The minimum absolute atomic E-state index is 0.00269. The van der Waals surface area contributed by atoms with Crippen molar-refractivity contribution in [1.29, 1.82) is 0 Å². The van der Waals surface area contributed by atoms with Gasteiger partial charge in [0, 0.05) is 28.4 Å². The molecule has 0 unspecified atom stereocenters. The zero-order valence-corrected chi connectivity index (χ0v) is 18.8. The third-order valence-corrected chi connectivity index (χ3v) is 6.46. The van der Waals surface area contributed by atoms with Gasteiger partial charge in [-0.3, -0.25) is 9.78 Å². The number of amides is 1. The van der Waals surface area contributed by atoms with Gasteiger partial charge in [0.15, 0.2) is 5.11 Å². The van der Waals surface area contributed by atoms with Crippen LogP contribution in [0, 0.1) is 12.8 Å². The summed E-state index contributed by atoms with van der Waals surface area (Å²) >= 11 is 7.46. The first-order chi connectivity index (χ1) is 14.5. The van der Waals surface area contributed by atoms with Crippen molar-refractivity contribution >= 4 is 45.9 Å². The molecular weight excluding hydrogens is 412 g/mol. The van der Waals surface area contributed by atoms with E-state index in [2.05, 4.69) is 44.1 Å². The summed E-state index contributed by atoms with van der Waals surface area (Å²) in [5, 5.41) is 9.22. The fourth-order valence-electron chi connectivity index (χ4n) is 3.60. The van der Waals surface area contributed by atoms with Crippen molar-refractivity contribution in [2.24, 2.45) is 5.92 Å². The van der Waals surface area contributed by atoms with Crippen LogP contribution in [-0.4, -0.2) is 16.0 Å². The Morgan fingerprint density at radius 1 is 1.23 bits per heavy atom. The summed E-state index contributed by atoms with van der Waals surface area (Å²) in [6.07, 6.45) is 1.81. The molecule has 1 aromatic carbocycles. The van der Waals surface area contributed by atoms with E-state index >= 15 is 0 Å². The quantitative estimate of drug-likeness (QED) is 0.537. The van der Waals surface area contributed by atoms with Crippen LogP contribution in [0.3, 0.4) is 0 Å². The molecule has 0 saturated carbocycles. The average Bonchev–Trinajstić information content (AvgIpc) is 3.37. The molecule has 2 N–H and O–H groups in total. The maximum absolute atomic E-state index is 12.1. The Hall–Kier alpha value is -2.77. The zero-order valence-electron chi connectivity index (χ0n) is 17.1. The Labute approximate surface area is 186 Å². The Kier molecular flexibility index (Phi) is 5.83. The van der Waals surface area contributed by atoms with Crippen molar-refractivity contribution in [3.8, 4) is 0 Å². The van der Waals surface area contributed by atoms with Gasteiger partial charge >= 0.3 is 0 Å². The highest BCUT2D eigenvalue weighted by Crippen LogP contribution is 2.43. The Balaban J connectivity index is 1.71. The number of hydrogen-bond acceptors (Lipinski definition) is 4. The molecule has 4 rings (SSSR count). The number of anilines is 2. The van der Waals surface area contributed by atoms with E-state index in [4.69, 9.17) is 12.2 Å². The number of aryl methyl sites for hydroxylation is 1. The smallest absolute Gasteiger partial charge is 0.226 e. The Bertz CT molecular complexity index is 1050. The van der Waals surface area contributed by atoms with Crippen LogP contribution in [0.1, 0.15) is 42.1 Å². The number of nitrogens with one attached hydrogen (secondary N) is 2. The maximum Gasteiger partial charge on any atom is 0.226 e. The lowest BCUT2D eigenvalue weighted by molar-refractivity contribution is -0.118. The number of benzene rings is 1. The highest BCUT2D eigenvalue weighted by molar-refractivity contribution is 7.80. The molecule has 3 heterocycles. The second kappa shape index (κ2) is 8.53. The SMILES string of the molecule is Cc1cc(N2C(=S)N[C@H](c3ccccn3)[C@H]2c2cccs2)ccc1NC(=O)C(C)C. The van der Waals surface area contributed by atoms with E-state index in [0.29, 0.717) is 5.11 Å². The summed E-state index contributed by atoms with van der Waals surface area (Å²) in [6.45, 7) is 5.77. The molecule has 2 aromatic heterocycles. The lowest BCUT2D eigenvalue weighted by atomic mass is 10.0. The van der Waals surface area contributed by atoms with Crippen LogP contribution < -0.4 is 15.5 Å². The first kappa shape index (κ1) is 20.5. The minimum atomic E-state index is -0.0678. The van der Waals surface area contributed by atoms with E-state index in [-0.39, 0.29) is 23.9 Å². The number of pyridine rings is 1. The summed E-state index contributed by atoms with van der Waals surface area (Å²) in [6, 6.07) is 16.1. The minimum Gasteiger partial charge on any atom is -0.351 e. The number of nitrogens with zero attached hydrogens (tertiary/aromatic N) is 2. The summed E-state index contributed by atoms with van der Waals surface area (Å²) in [4.78, 5) is 20.0. The van der Waals surface area contributed by atoms with E-state index in [1.54, 1.807) is 11.3 Å². The van der Waals surface area contributed by atoms with Gasteiger partial charge in [0.2, 0.25) is 5.91 Å². The topological polar surface area (TPSA) is 57.3 Å². The molecule has 154 valence electrons. The molecule has 0 radical (unpaired) electrons. The van der Waals surface area contributed by atoms with Crippen molar-refractivity contribution in [2.45, 2.75) is 32.9 Å². The molecule has 0 aliphatic carbocycles. The van der Waals surface area contributed by atoms with Gasteiger partial charge in [-0.25, -0.2) is 0 Å². The van der Waals surface area contributed by atoms with Crippen molar-refractivity contribution in [1.82, 2.24) is 10.3 Å². The molecular formula is C23H24N4OS2. The molecule has 1 amide bonds. The van der Waals surface area contributed by atoms with Crippen LogP contribution >= 0.6 is 23.6 Å². The Morgan fingerprint density at radius 2 is 2.07 bits per heavy atom. The van der Waals surface area contributed by atoms with Gasteiger partial charge in [0.05, 0.1) is 17.8 Å². The lowest BCUT2D eigenvalue weighted by Gasteiger charge is -2.27. The molecule has 7 heteroatoms. The van der Waals surface area contributed by atoms with Crippen LogP contribution in [-0.2, 0) is 4.79 Å². The van der Waals surface area contributed by atoms with E-state index in [0.717, 1.165) is 22.6 Å². The molecule has 0 spiro atoms. The van der Waals surface area contributed by atoms with Crippen LogP contribution in [0.4, 0.5) is 11.4 Å². The zero-order chi connectivity index (χ0) is 21.3. The number of hydrogen-bond donors (Lipinski definition) is 2. The number of carbonyl (C=O) groups is 1. The van der Waals surface area contributed by atoms with Gasteiger partial charge in [-0.2, -0.15) is 0 Å². The summed E-state index contributed by atoms with van der Waals surface area (Å²) in [5.74, 6) is -0.0577. The number of aromatic nitrogens is 1. The van der Waals surface area contributed by atoms with Gasteiger partial charge in [-0.05, 0) is 66.5 Å². The largest absolute Gasteiger partial charge is 0.351 e. The molecule has 3 aromatic rings. The predicted octanol–water partition coefficient (Wildman–Crippen LogP) is 5.22. The summed E-state index contributed by atoms with van der Waals surface area (Å²) in [7, 11) is 0. The first-order valence-corrected chi connectivity index (χ1v) is 11.2. The average molecular weight is 437 g/mol. The Morgan fingerprint density at radius 3 is 2.70 bits per heavy atom. The fourth-order valence-corrected chi connectivity index (χ4v) is 4.79. The van der Waals surface area contributed by atoms with E-state index in [1.165, 1.54) is 4.88 Å². The van der Waals surface area contributed by atoms with Crippen molar-refractivity contribution in [3.63, 3.8) is 0 Å². The molecule has 30 heavy (non-hydrogen) atoms. The van der Waals surface area contributed by atoms with Crippen LogP contribution in [0.15, 0.2) is 60.1 Å². The second-order valence-electron chi connectivity index (χ2n) is 7.66. The van der Waals surface area contributed by atoms with Gasteiger partial charge in [0.1, 0.15) is 0 Å². The highest BCUT2D eigenvalue weighted by atomic mass is 32.1. The van der Waals surface area contributed by atoms with E-state index < -0.39 is 0 Å². The van der Waals surface area contributed by atoms with Crippen LogP contribution in [0.5, 0.6) is 0 Å². The lowest BCUT2D eigenvalue weighted by Crippen LogP contribution is -2.29. The van der Waals surface area contributed by atoms with Gasteiger partial charge in [-0.1, -0.05) is 26.0 Å². The van der Waals surface area contributed by atoms with Gasteiger partial charge in [-0.15, -0.1) is 11.3 Å². The van der Waals surface area contributed by atoms with Crippen LogP contribution in [0.2, 0.25) is 0 Å². The third-order valence-electron chi connectivity index (χ3n) is 5.20. The maximum atomic E-state index is 12.1. The fraction of sp³-hybridized carbons (Fsp3) is 0.261. The molecule has 0 bridgehead atoms. The van der Waals surface area contributed by atoms with Gasteiger partial charge < -0.3 is 15.5 Å². The summed E-state index contributed by atoms with van der Waals surface area (Å²) in [5.41, 5.74) is 3.77. The van der Waals surface area contributed by atoms with E-state index in [1.807, 2.05) is 57.3 Å². The molecule has 1 fully saturated rings. The van der Waals surface area contributed by atoms with E-state index in [9.17, 15) is 4.79 Å². The number of thiophene rings is 1. The molecule has 1 aliphatic heterocycles. The third kappa shape index (κ3) is 3.95. The molecule has 5 nitrogen and oxygen atoms in total. The standard InChI is InChI=1S/C23H24N4OS2/c1-14(2)22(28)25-17-10-9-16(13-15(17)3)27-21(19-8-6-12-30-19)20(26-23(27)29)18-7-4-5-11-24-18/h4-14,20-21H,1-3H3,(H,25,28)(H,26,29)/t20-,21-/m1/s1. The number of thiocarbonyl (C=S) groups is 1. The van der Waals surface area contributed by atoms with Crippen molar-refractivity contribution < 1.29 is 4.79 Å². The second-order valence-corrected chi connectivity index (χ2v) is 9.02. The molecule has 1 saturated heterocycles. The van der Waals surface area contributed by atoms with Gasteiger partial charge in [0.25, 0.3) is 0 Å². The number of carbonyl (C=O) groups excluding carboxylic acids is 1. The van der Waals surface area contributed by atoms with Crippen LogP contribution in [0.25, 0.3) is 0 Å². The number of rotatable bonds is 5.